The minimum atomic E-state index is 0.0167. The van der Waals surface area contributed by atoms with Gasteiger partial charge in [-0.2, -0.15) is 4.98 Å². The third kappa shape index (κ3) is 3.39. The summed E-state index contributed by atoms with van der Waals surface area (Å²) in [6.07, 6.45) is 4.28. The van der Waals surface area contributed by atoms with Crippen molar-refractivity contribution >= 4 is 11.8 Å². The number of aromatic nitrogens is 2. The van der Waals surface area contributed by atoms with E-state index >= 15 is 0 Å². The third-order valence-electron chi connectivity index (χ3n) is 4.09. The zero-order valence-corrected chi connectivity index (χ0v) is 13.0. The van der Waals surface area contributed by atoms with Crippen molar-refractivity contribution in [2.24, 2.45) is 5.41 Å². The van der Waals surface area contributed by atoms with E-state index in [2.05, 4.69) is 28.7 Å². The van der Waals surface area contributed by atoms with Crippen LogP contribution in [0, 0.1) is 5.41 Å². The lowest BCUT2D eigenvalue weighted by Crippen LogP contribution is -2.41. The highest BCUT2D eigenvalue weighted by Crippen LogP contribution is 2.31. The molecule has 0 unspecified atom stereocenters. The lowest BCUT2D eigenvalue weighted by molar-refractivity contribution is 0.269. The maximum atomic E-state index is 9.25. The maximum Gasteiger partial charge on any atom is 0.227 e. The van der Waals surface area contributed by atoms with Crippen LogP contribution in [0.2, 0.25) is 0 Å². The fraction of sp³-hybridized carbons (Fsp3) is 0.733. The summed E-state index contributed by atoms with van der Waals surface area (Å²) in [5, 5.41) is 9.25. The number of likely N-dealkylation sites (N-methyl/N-ethyl adjacent to an activating group) is 1. The van der Waals surface area contributed by atoms with Crippen LogP contribution < -0.4 is 9.80 Å². The van der Waals surface area contributed by atoms with Crippen LogP contribution in [0.5, 0.6) is 0 Å². The van der Waals surface area contributed by atoms with Crippen molar-refractivity contribution in [2.45, 2.75) is 39.7 Å². The number of hydrogen-bond acceptors (Lipinski definition) is 5. The Morgan fingerprint density at radius 2 is 2.25 bits per heavy atom. The maximum absolute atomic E-state index is 9.25. The first-order chi connectivity index (χ1) is 9.43. The van der Waals surface area contributed by atoms with Crippen LogP contribution in [-0.4, -0.2) is 47.9 Å². The van der Waals surface area contributed by atoms with Crippen LogP contribution in [0.25, 0.3) is 0 Å². The van der Waals surface area contributed by atoms with E-state index in [1.165, 1.54) is 12.8 Å². The molecule has 1 fully saturated rings. The van der Waals surface area contributed by atoms with Gasteiger partial charge < -0.3 is 14.9 Å². The van der Waals surface area contributed by atoms with E-state index in [1.807, 2.05) is 24.9 Å². The average molecular weight is 278 g/mol. The Labute approximate surface area is 121 Å². The van der Waals surface area contributed by atoms with Gasteiger partial charge in [-0.25, -0.2) is 4.98 Å². The first kappa shape index (κ1) is 15.0. The van der Waals surface area contributed by atoms with Gasteiger partial charge in [-0.3, -0.25) is 0 Å². The third-order valence-corrected chi connectivity index (χ3v) is 4.09. The molecule has 112 valence electrons. The summed E-state index contributed by atoms with van der Waals surface area (Å²) in [6.45, 7) is 8.76. The minimum Gasteiger partial charge on any atom is -0.394 e. The Kier molecular flexibility index (Phi) is 4.48. The predicted molar refractivity (Wildman–Crippen MR) is 82.2 cm³/mol. The van der Waals surface area contributed by atoms with E-state index in [0.717, 1.165) is 18.9 Å². The molecule has 20 heavy (non-hydrogen) atoms. The molecule has 1 aromatic heterocycles. The number of nitrogens with zero attached hydrogens (tertiary/aromatic N) is 4. The molecule has 2 heterocycles. The van der Waals surface area contributed by atoms with E-state index in [9.17, 15) is 5.11 Å². The van der Waals surface area contributed by atoms with Gasteiger partial charge in [0.1, 0.15) is 5.82 Å². The van der Waals surface area contributed by atoms with E-state index < -0.39 is 0 Å². The van der Waals surface area contributed by atoms with Gasteiger partial charge in [0.05, 0.1) is 12.6 Å². The molecule has 1 atom stereocenters. The van der Waals surface area contributed by atoms with Crippen LogP contribution in [0.15, 0.2) is 12.3 Å². The van der Waals surface area contributed by atoms with Gasteiger partial charge in [0.15, 0.2) is 0 Å². The summed E-state index contributed by atoms with van der Waals surface area (Å²) in [6, 6.07) is 1.99. The van der Waals surface area contributed by atoms with Gasteiger partial charge in [0.25, 0.3) is 0 Å². The summed E-state index contributed by atoms with van der Waals surface area (Å²) in [7, 11) is 1.92. The lowest BCUT2D eigenvalue weighted by atomic mass is 9.84. The molecule has 5 nitrogen and oxygen atoms in total. The molecule has 1 saturated heterocycles. The SMILES string of the molecule is C[C@@H](CO)N(C)c1nccc(N2CCCC(C)(C)C2)n1. The Bertz CT molecular complexity index is 449. The Morgan fingerprint density at radius 3 is 2.90 bits per heavy atom. The topological polar surface area (TPSA) is 52.5 Å². The summed E-state index contributed by atoms with van der Waals surface area (Å²) in [5.41, 5.74) is 0.341. The number of piperidine rings is 1. The van der Waals surface area contributed by atoms with Crippen LogP contribution in [0.1, 0.15) is 33.6 Å². The number of anilines is 2. The molecule has 0 bridgehead atoms. The highest BCUT2D eigenvalue weighted by atomic mass is 16.3. The number of rotatable bonds is 4. The molecule has 1 aromatic rings. The highest BCUT2D eigenvalue weighted by molar-refractivity contribution is 5.44. The van der Waals surface area contributed by atoms with E-state index in [0.29, 0.717) is 11.4 Å². The van der Waals surface area contributed by atoms with E-state index in [1.54, 1.807) is 6.20 Å². The second-order valence-electron chi connectivity index (χ2n) is 6.55. The predicted octanol–water partition coefficient (Wildman–Crippen LogP) is 1.92. The van der Waals surface area contributed by atoms with Crippen LogP contribution in [0.4, 0.5) is 11.8 Å². The van der Waals surface area contributed by atoms with Crippen molar-refractivity contribution < 1.29 is 5.11 Å². The second kappa shape index (κ2) is 5.95. The van der Waals surface area contributed by atoms with Crippen molar-refractivity contribution in [2.75, 3.05) is 36.5 Å². The molecule has 0 spiro atoms. The summed E-state index contributed by atoms with van der Waals surface area (Å²) < 4.78 is 0. The van der Waals surface area contributed by atoms with E-state index in [4.69, 9.17) is 0 Å². The molecule has 0 radical (unpaired) electrons. The van der Waals surface area contributed by atoms with Crippen LogP contribution >= 0.6 is 0 Å². The monoisotopic (exact) mass is 278 g/mol. The largest absolute Gasteiger partial charge is 0.394 e. The quantitative estimate of drug-likeness (QED) is 0.912. The van der Waals surface area contributed by atoms with Gasteiger partial charge in [-0.1, -0.05) is 13.8 Å². The molecule has 0 aromatic carbocycles. The number of aliphatic hydroxyl groups excluding tert-OH is 1. The zero-order valence-electron chi connectivity index (χ0n) is 13.0. The Morgan fingerprint density at radius 1 is 1.50 bits per heavy atom. The van der Waals surface area contributed by atoms with Gasteiger partial charge >= 0.3 is 0 Å². The first-order valence-corrected chi connectivity index (χ1v) is 7.35. The smallest absolute Gasteiger partial charge is 0.227 e. The van der Waals surface area contributed by atoms with Crippen molar-refractivity contribution in [3.05, 3.63) is 12.3 Å². The fourth-order valence-corrected chi connectivity index (χ4v) is 2.62. The molecule has 0 aliphatic carbocycles. The van der Waals surface area contributed by atoms with Crippen LogP contribution in [-0.2, 0) is 0 Å². The normalized spacial score (nSPS) is 19.8. The van der Waals surface area contributed by atoms with Gasteiger partial charge in [0, 0.05) is 26.3 Å². The molecule has 1 aliphatic heterocycles. The standard InChI is InChI=1S/C15H26N4O/c1-12(10-20)18(4)14-16-8-6-13(17-14)19-9-5-7-15(2,3)11-19/h6,8,12,20H,5,7,9-11H2,1-4H3/t12-/m0/s1. The summed E-state index contributed by atoms with van der Waals surface area (Å²) in [5.74, 6) is 1.66. The van der Waals surface area contributed by atoms with Crippen molar-refractivity contribution in [1.82, 2.24) is 9.97 Å². The average Bonchev–Trinajstić information content (AvgIpc) is 2.44. The molecule has 1 N–H and O–H groups in total. The van der Waals surface area contributed by atoms with Gasteiger partial charge in [0.2, 0.25) is 5.95 Å². The molecule has 1 aliphatic rings. The minimum absolute atomic E-state index is 0.0167. The van der Waals surface area contributed by atoms with Crippen LogP contribution in [0.3, 0.4) is 0 Å². The first-order valence-electron chi connectivity index (χ1n) is 7.35. The van der Waals surface area contributed by atoms with Gasteiger partial charge in [-0.15, -0.1) is 0 Å². The highest BCUT2D eigenvalue weighted by Gasteiger charge is 2.27. The van der Waals surface area contributed by atoms with Gasteiger partial charge in [-0.05, 0) is 31.2 Å². The zero-order chi connectivity index (χ0) is 14.8. The second-order valence-corrected chi connectivity index (χ2v) is 6.55. The molecule has 0 amide bonds. The Balaban J connectivity index is 2.17. The fourth-order valence-electron chi connectivity index (χ4n) is 2.62. The summed E-state index contributed by atoms with van der Waals surface area (Å²) >= 11 is 0. The molecule has 0 saturated carbocycles. The molecule has 5 heteroatoms. The molecular weight excluding hydrogens is 252 g/mol. The van der Waals surface area contributed by atoms with Crippen molar-refractivity contribution in [3.63, 3.8) is 0 Å². The van der Waals surface area contributed by atoms with E-state index in [-0.39, 0.29) is 12.6 Å². The molecular formula is C15H26N4O. The summed E-state index contributed by atoms with van der Waals surface area (Å²) in [4.78, 5) is 13.2. The number of aliphatic hydroxyl groups is 1. The van der Waals surface area contributed by atoms with Crippen molar-refractivity contribution in [1.29, 1.82) is 0 Å². The number of hydrogen-bond donors (Lipinski definition) is 1. The molecule has 2 rings (SSSR count). The Hall–Kier alpha value is -1.36. The van der Waals surface area contributed by atoms with Crippen molar-refractivity contribution in [3.8, 4) is 0 Å². The lowest BCUT2D eigenvalue weighted by Gasteiger charge is -2.39.